The van der Waals surface area contributed by atoms with E-state index in [1.165, 1.54) is 11.0 Å². The third-order valence-corrected chi connectivity index (χ3v) is 4.09. The number of nitrogens with zero attached hydrogens (tertiary/aromatic N) is 4. The predicted octanol–water partition coefficient (Wildman–Crippen LogP) is 3.27. The molecule has 0 fully saturated rings. The fraction of sp³-hybridized carbons (Fsp3) is 0.300. The zero-order chi connectivity index (χ0) is 20.1. The number of aromatic nitrogens is 4. The first-order valence-corrected chi connectivity index (χ1v) is 8.94. The van der Waals surface area contributed by atoms with Crippen molar-refractivity contribution in [3.63, 3.8) is 0 Å². The summed E-state index contributed by atoms with van der Waals surface area (Å²) in [6.07, 6.45) is 1.50. The van der Waals surface area contributed by atoms with Crippen molar-refractivity contribution in [3.8, 4) is 17.2 Å². The molecular weight excluding hydrogens is 358 g/mol. The summed E-state index contributed by atoms with van der Waals surface area (Å²) in [6, 6.07) is 10.8. The molecular formula is C20H23N5O3. The number of aryl methyl sites for hydroxylation is 1. The van der Waals surface area contributed by atoms with E-state index >= 15 is 0 Å². The first-order chi connectivity index (χ1) is 13.5. The molecule has 0 bridgehead atoms. The van der Waals surface area contributed by atoms with Gasteiger partial charge in [0.05, 0.1) is 25.0 Å². The highest BCUT2D eigenvalue weighted by molar-refractivity contribution is 6.06. The van der Waals surface area contributed by atoms with E-state index in [9.17, 15) is 4.79 Å². The van der Waals surface area contributed by atoms with Crippen LogP contribution in [-0.4, -0.2) is 39.8 Å². The monoisotopic (exact) mass is 381 g/mol. The quantitative estimate of drug-likeness (QED) is 0.675. The summed E-state index contributed by atoms with van der Waals surface area (Å²) >= 11 is 0. The first kappa shape index (κ1) is 19.3. The molecule has 0 atom stereocenters. The van der Waals surface area contributed by atoms with Gasteiger partial charge in [-0.05, 0) is 53.1 Å². The van der Waals surface area contributed by atoms with Crippen molar-refractivity contribution in [1.82, 2.24) is 20.2 Å². The Hall–Kier alpha value is -3.42. The number of hydrogen-bond acceptors (Lipinski definition) is 6. The first-order valence-electron chi connectivity index (χ1n) is 8.94. The normalized spacial score (nSPS) is 10.8. The Balaban J connectivity index is 1.87. The van der Waals surface area contributed by atoms with Crippen LogP contribution in [0.15, 0.2) is 42.7 Å². The number of tetrazole rings is 1. The Morgan fingerprint density at radius 3 is 2.71 bits per heavy atom. The van der Waals surface area contributed by atoms with Crippen molar-refractivity contribution in [3.05, 3.63) is 53.9 Å². The topological polar surface area (TPSA) is 91.2 Å². The van der Waals surface area contributed by atoms with Gasteiger partial charge >= 0.3 is 0 Å². The Kier molecular flexibility index (Phi) is 5.88. The van der Waals surface area contributed by atoms with Crippen molar-refractivity contribution >= 4 is 11.6 Å². The predicted molar refractivity (Wildman–Crippen MR) is 105 cm³/mol. The molecule has 0 aliphatic heterocycles. The van der Waals surface area contributed by atoms with E-state index in [2.05, 4.69) is 20.8 Å². The molecule has 3 aromatic rings. The summed E-state index contributed by atoms with van der Waals surface area (Å²) in [5.74, 6) is 1.18. The van der Waals surface area contributed by atoms with Crippen molar-refractivity contribution in [2.75, 3.05) is 19.0 Å². The van der Waals surface area contributed by atoms with Crippen LogP contribution in [0.25, 0.3) is 5.69 Å². The smallest absolute Gasteiger partial charge is 0.259 e. The number of rotatable bonds is 7. The minimum atomic E-state index is -0.265. The molecule has 2 aromatic carbocycles. The maximum absolute atomic E-state index is 13.0. The summed E-state index contributed by atoms with van der Waals surface area (Å²) < 4.78 is 12.6. The Labute approximate surface area is 163 Å². The number of methoxy groups -OCH3 is 1. The molecule has 0 saturated heterocycles. The van der Waals surface area contributed by atoms with Crippen LogP contribution in [0.3, 0.4) is 0 Å². The Morgan fingerprint density at radius 1 is 1.21 bits per heavy atom. The lowest BCUT2D eigenvalue weighted by Gasteiger charge is -2.15. The van der Waals surface area contributed by atoms with E-state index in [-0.39, 0.29) is 5.91 Å². The maximum Gasteiger partial charge on any atom is 0.259 e. The van der Waals surface area contributed by atoms with Gasteiger partial charge in [-0.15, -0.1) is 5.10 Å². The zero-order valence-corrected chi connectivity index (χ0v) is 16.3. The van der Waals surface area contributed by atoms with Gasteiger partial charge in [-0.25, -0.2) is 4.68 Å². The van der Waals surface area contributed by atoms with E-state index in [1.807, 2.05) is 39.0 Å². The summed E-state index contributed by atoms with van der Waals surface area (Å²) in [7, 11) is 1.58. The van der Waals surface area contributed by atoms with E-state index < -0.39 is 0 Å². The lowest BCUT2D eigenvalue weighted by atomic mass is 10.1. The number of amides is 1. The minimum Gasteiger partial charge on any atom is -0.497 e. The van der Waals surface area contributed by atoms with Crippen molar-refractivity contribution in [2.24, 2.45) is 5.92 Å². The standard InChI is InChI=1S/C20H23N5O3/c1-13(2)11-28-19-10-16(27-4)7-8-17(19)20(26)22-18-9-15(6-5-14(18)3)25-12-21-23-24-25/h5-10,12-13H,11H2,1-4H3,(H,22,26). The molecule has 0 radical (unpaired) electrons. The largest absolute Gasteiger partial charge is 0.497 e. The van der Waals surface area contributed by atoms with Crippen molar-refractivity contribution < 1.29 is 14.3 Å². The Morgan fingerprint density at radius 2 is 2.04 bits per heavy atom. The number of carbonyl (C=O) groups is 1. The molecule has 8 heteroatoms. The molecule has 0 unspecified atom stereocenters. The van der Waals surface area contributed by atoms with Gasteiger partial charge in [0.15, 0.2) is 0 Å². The van der Waals surface area contributed by atoms with Gasteiger partial charge < -0.3 is 14.8 Å². The van der Waals surface area contributed by atoms with E-state index in [0.29, 0.717) is 35.3 Å². The number of carbonyl (C=O) groups excluding carboxylic acids is 1. The molecule has 8 nitrogen and oxygen atoms in total. The molecule has 0 aliphatic carbocycles. The highest BCUT2D eigenvalue weighted by Gasteiger charge is 2.16. The average molecular weight is 381 g/mol. The second kappa shape index (κ2) is 8.51. The van der Waals surface area contributed by atoms with Crippen LogP contribution in [0.5, 0.6) is 11.5 Å². The van der Waals surface area contributed by atoms with Gasteiger partial charge in [-0.1, -0.05) is 19.9 Å². The summed E-state index contributed by atoms with van der Waals surface area (Å²) in [4.78, 5) is 13.0. The highest BCUT2D eigenvalue weighted by atomic mass is 16.5. The van der Waals surface area contributed by atoms with Crippen LogP contribution in [0.2, 0.25) is 0 Å². The van der Waals surface area contributed by atoms with Crippen LogP contribution in [0, 0.1) is 12.8 Å². The van der Waals surface area contributed by atoms with Crippen LogP contribution < -0.4 is 14.8 Å². The van der Waals surface area contributed by atoms with Crippen molar-refractivity contribution in [2.45, 2.75) is 20.8 Å². The molecule has 28 heavy (non-hydrogen) atoms. The molecule has 1 heterocycles. The van der Waals surface area contributed by atoms with Gasteiger partial charge in [0.25, 0.3) is 5.91 Å². The summed E-state index contributed by atoms with van der Waals surface area (Å²) in [5, 5.41) is 14.1. The molecule has 1 amide bonds. The van der Waals surface area contributed by atoms with E-state index in [0.717, 1.165) is 11.3 Å². The second-order valence-corrected chi connectivity index (χ2v) is 6.77. The van der Waals surface area contributed by atoms with Crippen LogP contribution in [-0.2, 0) is 0 Å². The minimum absolute atomic E-state index is 0.265. The lowest BCUT2D eigenvalue weighted by Crippen LogP contribution is -2.16. The summed E-state index contributed by atoms with van der Waals surface area (Å²) in [6.45, 7) is 6.52. The van der Waals surface area contributed by atoms with Crippen LogP contribution in [0.1, 0.15) is 29.8 Å². The SMILES string of the molecule is COc1ccc(C(=O)Nc2cc(-n3cnnn3)ccc2C)c(OCC(C)C)c1. The molecule has 3 rings (SSSR count). The zero-order valence-electron chi connectivity index (χ0n) is 16.3. The molecule has 146 valence electrons. The third-order valence-electron chi connectivity index (χ3n) is 4.09. The van der Waals surface area contributed by atoms with Crippen LogP contribution >= 0.6 is 0 Å². The summed E-state index contributed by atoms with van der Waals surface area (Å²) in [5.41, 5.74) is 2.78. The van der Waals surface area contributed by atoms with E-state index in [1.54, 1.807) is 25.3 Å². The third kappa shape index (κ3) is 4.46. The van der Waals surface area contributed by atoms with Gasteiger partial charge in [0, 0.05) is 11.8 Å². The number of hydrogen-bond donors (Lipinski definition) is 1. The average Bonchev–Trinajstić information content (AvgIpc) is 3.22. The van der Waals surface area contributed by atoms with Gasteiger partial charge in [-0.3, -0.25) is 4.79 Å². The Bertz CT molecular complexity index is 954. The number of ether oxygens (including phenoxy) is 2. The maximum atomic E-state index is 13.0. The molecule has 1 aromatic heterocycles. The number of anilines is 1. The number of nitrogens with one attached hydrogen (secondary N) is 1. The lowest BCUT2D eigenvalue weighted by molar-refractivity contribution is 0.102. The fourth-order valence-corrected chi connectivity index (χ4v) is 2.55. The molecule has 1 N–H and O–H groups in total. The molecule has 0 aliphatic rings. The second-order valence-electron chi connectivity index (χ2n) is 6.77. The van der Waals surface area contributed by atoms with E-state index in [4.69, 9.17) is 9.47 Å². The van der Waals surface area contributed by atoms with Crippen LogP contribution in [0.4, 0.5) is 5.69 Å². The fourth-order valence-electron chi connectivity index (χ4n) is 2.55. The van der Waals surface area contributed by atoms with Crippen molar-refractivity contribution in [1.29, 1.82) is 0 Å². The number of benzene rings is 2. The molecule has 0 saturated carbocycles. The highest BCUT2D eigenvalue weighted by Crippen LogP contribution is 2.27. The van der Waals surface area contributed by atoms with Gasteiger partial charge in [0.1, 0.15) is 17.8 Å². The molecule has 0 spiro atoms. The van der Waals surface area contributed by atoms with Gasteiger partial charge in [0.2, 0.25) is 0 Å². The van der Waals surface area contributed by atoms with Gasteiger partial charge in [-0.2, -0.15) is 0 Å².